The molecule has 2 rings (SSSR count). The molecule has 3 N–H and O–H groups in total. The lowest BCUT2D eigenvalue weighted by atomic mass is 9.79. The lowest BCUT2D eigenvalue weighted by Gasteiger charge is -2.28. The number of amides is 1. The third-order valence-corrected chi connectivity index (χ3v) is 5.46. The van der Waals surface area contributed by atoms with Crippen LogP contribution in [0.25, 0.3) is 0 Å². The first kappa shape index (κ1) is 20.9. The molecule has 148 valence electrons. The number of nitrogens with zero attached hydrogens (tertiary/aromatic N) is 2. The van der Waals surface area contributed by atoms with Crippen LogP contribution in [0, 0.1) is 11.8 Å². The van der Waals surface area contributed by atoms with Crippen molar-refractivity contribution in [3.8, 4) is 0 Å². The van der Waals surface area contributed by atoms with Gasteiger partial charge >= 0.3 is 0 Å². The minimum absolute atomic E-state index is 0.183. The quantitative estimate of drug-likeness (QED) is 0.597. The highest BCUT2D eigenvalue weighted by atomic mass is 16.1. The van der Waals surface area contributed by atoms with E-state index in [-0.39, 0.29) is 11.8 Å². The molecule has 0 unspecified atom stereocenters. The second-order valence-corrected chi connectivity index (χ2v) is 8.17. The van der Waals surface area contributed by atoms with E-state index in [1.54, 1.807) is 0 Å². The second-order valence-electron chi connectivity index (χ2n) is 8.17. The molecule has 0 aromatic carbocycles. The lowest BCUT2D eigenvalue weighted by molar-refractivity contribution is -0.126. The zero-order valence-electron chi connectivity index (χ0n) is 17.0. The van der Waals surface area contributed by atoms with Crippen molar-refractivity contribution >= 4 is 5.91 Å². The fourth-order valence-electron chi connectivity index (χ4n) is 3.75. The van der Waals surface area contributed by atoms with Gasteiger partial charge in [0.05, 0.1) is 6.20 Å². The van der Waals surface area contributed by atoms with Crippen LogP contribution in [0.2, 0.25) is 0 Å². The summed E-state index contributed by atoms with van der Waals surface area (Å²) in [5, 5.41) is 13.8. The van der Waals surface area contributed by atoms with E-state index in [1.165, 1.54) is 11.3 Å². The van der Waals surface area contributed by atoms with Gasteiger partial charge in [0.1, 0.15) is 0 Å². The minimum Gasteiger partial charge on any atom is -0.356 e. The monoisotopic (exact) mass is 363 g/mol. The van der Waals surface area contributed by atoms with Gasteiger partial charge in [-0.15, -0.1) is 0 Å². The van der Waals surface area contributed by atoms with E-state index in [1.807, 2.05) is 13.2 Å². The molecule has 1 aromatic heterocycles. The maximum atomic E-state index is 12.3. The number of carbonyl (C=O) groups excluding carboxylic acids is 1. The van der Waals surface area contributed by atoms with Crippen molar-refractivity contribution in [3.63, 3.8) is 0 Å². The van der Waals surface area contributed by atoms with E-state index < -0.39 is 0 Å². The summed E-state index contributed by atoms with van der Waals surface area (Å²) in [6, 6.07) is 0. The van der Waals surface area contributed by atoms with Gasteiger partial charge in [-0.25, -0.2) is 0 Å². The highest BCUT2D eigenvalue weighted by Gasteiger charge is 2.29. The number of aromatic amines is 1. The molecule has 1 heterocycles. The zero-order chi connectivity index (χ0) is 18.9. The highest BCUT2D eigenvalue weighted by molar-refractivity contribution is 5.78. The Labute approximate surface area is 158 Å². The molecular weight excluding hydrogens is 326 g/mol. The molecule has 6 nitrogen and oxygen atoms in total. The molecule has 6 heteroatoms. The first-order chi connectivity index (χ1) is 12.5. The molecule has 0 radical (unpaired) electrons. The Hall–Kier alpha value is -1.40. The Balaban J connectivity index is 1.81. The summed E-state index contributed by atoms with van der Waals surface area (Å²) in [6.07, 6.45) is 7.11. The van der Waals surface area contributed by atoms with E-state index >= 15 is 0 Å². The van der Waals surface area contributed by atoms with Gasteiger partial charge in [-0.05, 0) is 52.1 Å². The molecule has 1 aromatic rings. The Morgan fingerprint density at radius 2 is 2.04 bits per heavy atom. The number of rotatable bonds is 10. The van der Waals surface area contributed by atoms with Gasteiger partial charge in [-0.2, -0.15) is 5.10 Å². The Morgan fingerprint density at radius 3 is 2.69 bits per heavy atom. The zero-order valence-corrected chi connectivity index (χ0v) is 17.0. The Bertz CT molecular complexity index is 534. The van der Waals surface area contributed by atoms with Crippen molar-refractivity contribution < 1.29 is 4.79 Å². The summed E-state index contributed by atoms with van der Waals surface area (Å²) in [6.45, 7) is 8.11. The number of H-pyrrole nitrogens is 1. The number of likely N-dealkylation sites (N-methyl/N-ethyl adjacent to an activating group) is 2. The number of hydrogen-bond donors (Lipinski definition) is 3. The topological polar surface area (TPSA) is 73.0 Å². The van der Waals surface area contributed by atoms with Gasteiger partial charge in [0, 0.05) is 49.3 Å². The summed E-state index contributed by atoms with van der Waals surface area (Å²) in [5.41, 5.74) is 2.58. The molecule has 1 aliphatic carbocycles. The average molecular weight is 364 g/mol. The van der Waals surface area contributed by atoms with Crippen molar-refractivity contribution in [1.29, 1.82) is 0 Å². The average Bonchev–Trinajstić information content (AvgIpc) is 3.07. The van der Waals surface area contributed by atoms with E-state index in [2.05, 4.69) is 46.6 Å². The van der Waals surface area contributed by atoms with Crippen LogP contribution in [0.4, 0.5) is 0 Å². The normalized spacial score (nSPS) is 20.7. The predicted octanol–water partition coefficient (Wildman–Crippen LogP) is 2.50. The molecule has 0 saturated heterocycles. The molecule has 0 aliphatic heterocycles. The van der Waals surface area contributed by atoms with E-state index in [9.17, 15) is 4.79 Å². The van der Waals surface area contributed by atoms with Crippen LogP contribution in [-0.4, -0.2) is 54.7 Å². The van der Waals surface area contributed by atoms with Crippen LogP contribution >= 0.6 is 0 Å². The number of nitrogens with one attached hydrogen (secondary N) is 3. The molecule has 26 heavy (non-hydrogen) atoms. The van der Waals surface area contributed by atoms with Crippen molar-refractivity contribution in [2.45, 2.75) is 58.4 Å². The number of aromatic nitrogens is 2. The maximum Gasteiger partial charge on any atom is 0.223 e. The predicted molar refractivity (Wildman–Crippen MR) is 106 cm³/mol. The van der Waals surface area contributed by atoms with E-state index in [0.717, 1.165) is 58.3 Å². The Kier molecular flexibility index (Phi) is 8.59. The molecule has 1 fully saturated rings. The van der Waals surface area contributed by atoms with Gasteiger partial charge in [0.2, 0.25) is 5.91 Å². The first-order valence-electron chi connectivity index (χ1n) is 10.1. The maximum absolute atomic E-state index is 12.3. The summed E-state index contributed by atoms with van der Waals surface area (Å²) in [5.74, 6) is 1.57. The van der Waals surface area contributed by atoms with Crippen molar-refractivity contribution in [2.75, 3.05) is 33.7 Å². The van der Waals surface area contributed by atoms with Crippen LogP contribution in [0.1, 0.15) is 63.1 Å². The second kappa shape index (κ2) is 10.7. The van der Waals surface area contributed by atoms with Gasteiger partial charge in [0.15, 0.2) is 0 Å². The lowest BCUT2D eigenvalue weighted by Crippen LogP contribution is -2.34. The molecule has 0 atom stereocenters. The van der Waals surface area contributed by atoms with E-state index in [0.29, 0.717) is 11.8 Å². The summed E-state index contributed by atoms with van der Waals surface area (Å²) < 4.78 is 0. The minimum atomic E-state index is 0.183. The largest absolute Gasteiger partial charge is 0.356 e. The van der Waals surface area contributed by atoms with Crippen LogP contribution in [0.3, 0.4) is 0 Å². The summed E-state index contributed by atoms with van der Waals surface area (Å²) in [7, 11) is 4.13. The van der Waals surface area contributed by atoms with Gasteiger partial charge in [0.25, 0.3) is 0 Å². The fourth-order valence-corrected chi connectivity index (χ4v) is 3.75. The van der Waals surface area contributed by atoms with Gasteiger partial charge in [-0.1, -0.05) is 13.8 Å². The molecule has 1 saturated carbocycles. The van der Waals surface area contributed by atoms with Crippen LogP contribution in [-0.2, 0) is 11.3 Å². The fraction of sp³-hybridized carbons (Fsp3) is 0.800. The molecule has 1 amide bonds. The van der Waals surface area contributed by atoms with Crippen molar-refractivity contribution in [2.24, 2.45) is 11.8 Å². The highest BCUT2D eigenvalue weighted by Crippen LogP contribution is 2.36. The number of carbonyl (C=O) groups is 1. The van der Waals surface area contributed by atoms with Crippen molar-refractivity contribution in [1.82, 2.24) is 25.7 Å². The van der Waals surface area contributed by atoms with Crippen LogP contribution in [0.15, 0.2) is 6.20 Å². The smallest absolute Gasteiger partial charge is 0.223 e. The molecule has 0 spiro atoms. The third kappa shape index (κ3) is 6.40. The van der Waals surface area contributed by atoms with Gasteiger partial charge in [-0.3, -0.25) is 9.89 Å². The standard InChI is InChI=1S/C20H37N5O/c1-15(2)9-10-22-20(26)17-7-5-16(6-8-17)19-18(13-23-24-19)14-25(4)12-11-21-3/h13,15-17,21H,5-12,14H2,1-4H3,(H,22,26)(H,23,24). The SMILES string of the molecule is CNCCN(C)Cc1cn[nH]c1C1CCC(C(=O)NCCC(C)C)CC1. The van der Waals surface area contributed by atoms with Crippen molar-refractivity contribution in [3.05, 3.63) is 17.5 Å². The van der Waals surface area contributed by atoms with E-state index in [4.69, 9.17) is 0 Å². The van der Waals surface area contributed by atoms with Crippen LogP contribution < -0.4 is 10.6 Å². The molecule has 1 aliphatic rings. The van der Waals surface area contributed by atoms with Crippen LogP contribution in [0.5, 0.6) is 0 Å². The first-order valence-corrected chi connectivity index (χ1v) is 10.1. The van der Waals surface area contributed by atoms with Gasteiger partial charge < -0.3 is 15.5 Å². The third-order valence-electron chi connectivity index (χ3n) is 5.46. The number of hydrogen-bond acceptors (Lipinski definition) is 4. The summed E-state index contributed by atoms with van der Waals surface area (Å²) in [4.78, 5) is 14.7. The Morgan fingerprint density at radius 1 is 1.31 bits per heavy atom. The summed E-state index contributed by atoms with van der Waals surface area (Å²) >= 11 is 0. The molecule has 0 bridgehead atoms. The molecular formula is C20H37N5O.